The number of carboxylic acids is 1. The van der Waals surface area contributed by atoms with Crippen LogP contribution in [0.4, 0.5) is 0 Å². The minimum Gasteiger partial charge on any atom is -0.481 e. The van der Waals surface area contributed by atoms with Gasteiger partial charge in [0.25, 0.3) is 0 Å². The summed E-state index contributed by atoms with van der Waals surface area (Å²) in [7, 11) is 0. The van der Waals surface area contributed by atoms with Crippen molar-refractivity contribution in [1.29, 1.82) is 0 Å². The molecule has 2 atom stereocenters. The predicted molar refractivity (Wildman–Crippen MR) is 62.7 cm³/mol. The van der Waals surface area contributed by atoms with Crippen LogP contribution in [-0.4, -0.2) is 40.8 Å². The highest BCUT2D eigenvalue weighted by molar-refractivity contribution is 5.90. The Hall–Kier alpha value is -1.10. The van der Waals surface area contributed by atoms with Gasteiger partial charge in [-0.05, 0) is 32.1 Å². The molecule has 1 amide bonds. The molecule has 1 saturated heterocycles. The first kappa shape index (κ1) is 12.0. The summed E-state index contributed by atoms with van der Waals surface area (Å²) < 4.78 is 5.85. The number of aliphatic carboxylic acids is 1. The molecule has 1 heterocycles. The van der Waals surface area contributed by atoms with E-state index in [1.54, 1.807) is 0 Å². The summed E-state index contributed by atoms with van der Waals surface area (Å²) in [4.78, 5) is 25.1. The molecule has 0 aromatic heterocycles. The molecular weight excluding hydrogens is 234 g/mol. The Morgan fingerprint density at radius 1 is 1.17 bits per heavy atom. The molecule has 100 valence electrons. The van der Waals surface area contributed by atoms with Gasteiger partial charge in [0.05, 0.1) is 18.4 Å². The molecule has 0 radical (unpaired) electrons. The summed E-state index contributed by atoms with van der Waals surface area (Å²) in [6.07, 6.45) is 5.70. The standard InChI is InChI=1S/C13H19NO4/c15-11(9-8-10(9)12(16)17)14-6-7-18-13(14)4-2-1-3-5-13/h9-10H,1-8H2,(H,16,17)/t9-,10-/m1/s1. The van der Waals surface area contributed by atoms with E-state index in [0.717, 1.165) is 25.7 Å². The van der Waals surface area contributed by atoms with Crippen LogP contribution in [0.5, 0.6) is 0 Å². The van der Waals surface area contributed by atoms with E-state index in [9.17, 15) is 9.59 Å². The molecule has 1 spiro atoms. The van der Waals surface area contributed by atoms with Crippen LogP contribution in [-0.2, 0) is 14.3 Å². The molecule has 0 aromatic carbocycles. The molecule has 2 aliphatic carbocycles. The molecule has 0 bridgehead atoms. The zero-order chi connectivity index (χ0) is 12.8. The molecule has 3 fully saturated rings. The Morgan fingerprint density at radius 3 is 2.50 bits per heavy atom. The highest BCUT2D eigenvalue weighted by atomic mass is 16.5. The number of amides is 1. The third kappa shape index (κ3) is 1.81. The average Bonchev–Trinajstić information content (AvgIpc) is 3.08. The topological polar surface area (TPSA) is 66.8 Å². The van der Waals surface area contributed by atoms with Gasteiger partial charge in [-0.1, -0.05) is 6.42 Å². The number of carboxylic acid groups (broad SMARTS) is 1. The SMILES string of the molecule is O=C(O)[C@@H]1C[C@H]1C(=O)N1CCOC12CCCCC2. The minimum absolute atomic E-state index is 0.00167. The Morgan fingerprint density at radius 2 is 1.89 bits per heavy atom. The van der Waals surface area contributed by atoms with Gasteiger partial charge in [-0.2, -0.15) is 0 Å². The van der Waals surface area contributed by atoms with Gasteiger partial charge in [-0.3, -0.25) is 9.59 Å². The number of rotatable bonds is 2. The Balaban J connectivity index is 1.71. The first-order valence-electron chi connectivity index (χ1n) is 6.82. The Bertz CT molecular complexity index is 375. The smallest absolute Gasteiger partial charge is 0.307 e. The number of hydrogen-bond acceptors (Lipinski definition) is 3. The molecule has 18 heavy (non-hydrogen) atoms. The summed E-state index contributed by atoms with van der Waals surface area (Å²) >= 11 is 0. The van der Waals surface area contributed by atoms with E-state index in [0.29, 0.717) is 19.6 Å². The zero-order valence-electron chi connectivity index (χ0n) is 10.4. The van der Waals surface area contributed by atoms with Crippen molar-refractivity contribution in [2.45, 2.75) is 44.2 Å². The zero-order valence-corrected chi connectivity index (χ0v) is 10.4. The minimum atomic E-state index is -0.842. The van der Waals surface area contributed by atoms with Crippen molar-refractivity contribution < 1.29 is 19.4 Å². The fourth-order valence-corrected chi connectivity index (χ4v) is 3.38. The van der Waals surface area contributed by atoms with E-state index in [1.807, 2.05) is 4.90 Å². The van der Waals surface area contributed by atoms with Crippen LogP contribution in [0.3, 0.4) is 0 Å². The lowest BCUT2D eigenvalue weighted by molar-refractivity contribution is -0.158. The molecule has 0 unspecified atom stereocenters. The van der Waals surface area contributed by atoms with Crippen LogP contribution in [0.25, 0.3) is 0 Å². The highest BCUT2D eigenvalue weighted by Gasteiger charge is 2.54. The van der Waals surface area contributed by atoms with E-state index in [1.165, 1.54) is 6.42 Å². The molecule has 5 nitrogen and oxygen atoms in total. The van der Waals surface area contributed by atoms with Gasteiger partial charge in [0.1, 0.15) is 5.72 Å². The number of hydrogen-bond donors (Lipinski definition) is 1. The molecule has 3 aliphatic rings. The third-order valence-corrected chi connectivity index (χ3v) is 4.50. The lowest BCUT2D eigenvalue weighted by Gasteiger charge is -2.40. The van der Waals surface area contributed by atoms with Gasteiger partial charge in [0, 0.05) is 6.54 Å². The van der Waals surface area contributed by atoms with E-state index < -0.39 is 17.6 Å². The normalized spacial score (nSPS) is 33.7. The van der Waals surface area contributed by atoms with Crippen molar-refractivity contribution in [3.8, 4) is 0 Å². The maximum atomic E-state index is 12.4. The number of ether oxygens (including phenoxy) is 1. The Kier molecular flexibility index (Phi) is 2.81. The highest BCUT2D eigenvalue weighted by Crippen LogP contribution is 2.45. The maximum absolute atomic E-state index is 12.4. The summed E-state index contributed by atoms with van der Waals surface area (Å²) in [6, 6.07) is 0. The summed E-state index contributed by atoms with van der Waals surface area (Å²) in [6.45, 7) is 1.22. The lowest BCUT2D eigenvalue weighted by Crippen LogP contribution is -2.50. The second-order valence-electron chi connectivity index (χ2n) is 5.63. The fraction of sp³-hybridized carbons (Fsp3) is 0.846. The van der Waals surface area contributed by atoms with Crippen molar-refractivity contribution in [2.24, 2.45) is 11.8 Å². The van der Waals surface area contributed by atoms with E-state index in [4.69, 9.17) is 9.84 Å². The monoisotopic (exact) mass is 253 g/mol. The molecular formula is C13H19NO4. The first-order valence-corrected chi connectivity index (χ1v) is 6.82. The van der Waals surface area contributed by atoms with Crippen molar-refractivity contribution in [2.75, 3.05) is 13.2 Å². The van der Waals surface area contributed by atoms with E-state index >= 15 is 0 Å². The maximum Gasteiger partial charge on any atom is 0.307 e. The molecule has 1 N–H and O–H groups in total. The molecule has 1 aliphatic heterocycles. The van der Waals surface area contributed by atoms with Crippen LogP contribution >= 0.6 is 0 Å². The van der Waals surface area contributed by atoms with Gasteiger partial charge >= 0.3 is 5.97 Å². The van der Waals surface area contributed by atoms with Crippen LogP contribution in [0.2, 0.25) is 0 Å². The number of carbonyl (C=O) groups excluding carboxylic acids is 1. The second-order valence-corrected chi connectivity index (χ2v) is 5.63. The van der Waals surface area contributed by atoms with E-state index in [-0.39, 0.29) is 11.8 Å². The quantitative estimate of drug-likeness (QED) is 0.803. The second kappa shape index (κ2) is 4.23. The molecule has 0 aromatic rings. The summed E-state index contributed by atoms with van der Waals surface area (Å²) in [5, 5.41) is 8.92. The molecule has 2 saturated carbocycles. The van der Waals surface area contributed by atoms with Gasteiger partial charge in [-0.15, -0.1) is 0 Å². The lowest BCUT2D eigenvalue weighted by atomic mass is 9.90. The third-order valence-electron chi connectivity index (χ3n) is 4.50. The van der Waals surface area contributed by atoms with Crippen LogP contribution < -0.4 is 0 Å². The predicted octanol–water partition coefficient (Wildman–Crippen LogP) is 1.23. The van der Waals surface area contributed by atoms with Crippen molar-refractivity contribution in [3.05, 3.63) is 0 Å². The van der Waals surface area contributed by atoms with Crippen molar-refractivity contribution in [3.63, 3.8) is 0 Å². The van der Waals surface area contributed by atoms with Gasteiger partial charge in [0.15, 0.2) is 0 Å². The molecule has 3 rings (SSSR count). The fourth-order valence-electron chi connectivity index (χ4n) is 3.38. The number of carbonyl (C=O) groups is 2. The Labute approximate surface area is 106 Å². The summed E-state index contributed by atoms with van der Waals surface area (Å²) in [5.41, 5.74) is -0.402. The number of nitrogens with zero attached hydrogens (tertiary/aromatic N) is 1. The van der Waals surface area contributed by atoms with Crippen LogP contribution in [0.1, 0.15) is 38.5 Å². The largest absolute Gasteiger partial charge is 0.481 e. The average molecular weight is 253 g/mol. The molecule has 5 heteroatoms. The summed E-state index contributed by atoms with van der Waals surface area (Å²) in [5.74, 6) is -1.60. The van der Waals surface area contributed by atoms with Gasteiger partial charge in [-0.25, -0.2) is 0 Å². The van der Waals surface area contributed by atoms with Crippen LogP contribution in [0.15, 0.2) is 0 Å². The first-order chi connectivity index (χ1) is 8.64. The van der Waals surface area contributed by atoms with Crippen LogP contribution in [0, 0.1) is 11.8 Å². The van der Waals surface area contributed by atoms with E-state index in [2.05, 4.69) is 0 Å². The van der Waals surface area contributed by atoms with Crippen molar-refractivity contribution in [1.82, 2.24) is 4.90 Å². The van der Waals surface area contributed by atoms with Gasteiger partial charge in [0.2, 0.25) is 5.91 Å². The van der Waals surface area contributed by atoms with Crippen molar-refractivity contribution >= 4 is 11.9 Å². The van der Waals surface area contributed by atoms with Gasteiger partial charge < -0.3 is 14.7 Å².